The summed E-state index contributed by atoms with van der Waals surface area (Å²) in [6.07, 6.45) is 70.3. The molecule has 0 heterocycles. The van der Waals surface area contributed by atoms with E-state index in [2.05, 4.69) is 19.2 Å². The molecule has 0 aromatic heterocycles. The van der Waals surface area contributed by atoms with Crippen molar-refractivity contribution in [2.75, 3.05) is 40.9 Å². The molecule has 3 atom stereocenters. The van der Waals surface area contributed by atoms with Crippen molar-refractivity contribution in [1.82, 2.24) is 5.32 Å². The highest BCUT2D eigenvalue weighted by Crippen LogP contribution is 2.38. The van der Waals surface area contributed by atoms with Gasteiger partial charge in [0, 0.05) is 6.42 Å². The predicted octanol–water partition coefficient (Wildman–Crippen LogP) is 20.1. The van der Waals surface area contributed by atoms with Gasteiger partial charge in [0.1, 0.15) is 13.2 Å². The maximum atomic E-state index is 13.0. The average Bonchev–Trinajstić information content (AvgIpc) is 3.36. The minimum Gasteiger partial charge on any atom is -0.756 e. The van der Waals surface area contributed by atoms with Gasteiger partial charge in [0.2, 0.25) is 5.91 Å². The van der Waals surface area contributed by atoms with Crippen LogP contribution in [0.4, 0.5) is 0 Å². The van der Waals surface area contributed by atoms with Crippen molar-refractivity contribution in [1.29, 1.82) is 0 Å². The third kappa shape index (κ3) is 59.2. The Labute approximate surface area is 463 Å². The number of hydrogen-bond donors (Lipinski definition) is 2. The summed E-state index contributed by atoms with van der Waals surface area (Å²) in [7, 11) is 1.33. The number of quaternary nitrogens is 1. The molecular weight excluding hydrogens is 936 g/mol. The second kappa shape index (κ2) is 57.2. The lowest BCUT2D eigenvalue weighted by atomic mass is 10.0. The minimum absolute atomic E-state index is 0.0169. The molecule has 8 nitrogen and oxygen atoms in total. The minimum atomic E-state index is -4.57. The van der Waals surface area contributed by atoms with Gasteiger partial charge in [-0.2, -0.15) is 0 Å². The Kier molecular flexibility index (Phi) is 56.8. The summed E-state index contributed by atoms with van der Waals surface area (Å²) in [4.78, 5) is 25.6. The van der Waals surface area contributed by atoms with Crippen molar-refractivity contribution in [3.05, 3.63) is 0 Å². The number of rotatable bonds is 63. The fraction of sp³-hybridized carbons (Fsp3) is 0.985. The Morgan fingerprint density at radius 3 is 0.919 bits per heavy atom. The molecule has 74 heavy (non-hydrogen) atoms. The molecule has 0 aliphatic carbocycles. The van der Waals surface area contributed by atoms with Crippen LogP contribution in [-0.2, 0) is 18.4 Å². The van der Waals surface area contributed by atoms with E-state index in [1.807, 2.05) is 21.1 Å². The van der Waals surface area contributed by atoms with Crippen molar-refractivity contribution >= 4 is 13.7 Å². The molecule has 0 rings (SSSR count). The summed E-state index contributed by atoms with van der Waals surface area (Å²) in [6, 6.07) is -0.796. The van der Waals surface area contributed by atoms with E-state index in [4.69, 9.17) is 9.05 Å². The number of nitrogens with zero attached hydrogens (tertiary/aromatic N) is 1. The summed E-state index contributed by atoms with van der Waals surface area (Å²) in [6.45, 7) is 4.79. The SMILES string of the molecule is CCCCCCCCCCCCCCCCCCCCCCCCCCCCCCCCCC(O)C(COP(=O)([O-])OCC[N+](C)(C)C)NC(=O)CCCCCCCCCCCCCCCCCCCCCCC. The summed E-state index contributed by atoms with van der Waals surface area (Å²) in [5.74, 6) is -0.155. The maximum absolute atomic E-state index is 13.0. The number of unbranched alkanes of at least 4 members (excludes halogenated alkanes) is 50. The zero-order valence-corrected chi connectivity index (χ0v) is 51.7. The summed E-state index contributed by atoms with van der Waals surface area (Å²) < 4.78 is 23.5. The molecule has 0 saturated carbocycles. The molecule has 3 unspecified atom stereocenters. The number of hydrogen-bond acceptors (Lipinski definition) is 6. The van der Waals surface area contributed by atoms with Gasteiger partial charge in [0.25, 0.3) is 7.82 Å². The Morgan fingerprint density at radius 1 is 0.419 bits per heavy atom. The van der Waals surface area contributed by atoms with Crippen LogP contribution in [-0.4, -0.2) is 68.5 Å². The molecule has 0 aromatic rings. The standard InChI is InChI=1S/C65H133N2O6P/c1-6-8-10-12-14-16-18-20-22-24-26-28-29-30-31-32-33-34-35-36-37-39-40-42-44-46-48-50-52-54-56-58-64(68)63(62-73-74(70,71)72-61-60-67(3,4)5)66-65(69)59-57-55-53-51-49-47-45-43-41-38-27-25-23-21-19-17-15-13-11-9-7-2/h63-64,68H,6-62H2,1-5H3,(H-,66,69,70,71). The van der Waals surface area contributed by atoms with Crippen LogP contribution >= 0.6 is 7.82 Å². The van der Waals surface area contributed by atoms with Crippen LogP contribution in [0.2, 0.25) is 0 Å². The molecule has 0 fully saturated rings. The maximum Gasteiger partial charge on any atom is 0.268 e. The first-order valence-corrected chi connectivity index (χ1v) is 34.8. The van der Waals surface area contributed by atoms with Crippen LogP contribution < -0.4 is 10.2 Å². The van der Waals surface area contributed by atoms with Crippen molar-refractivity contribution in [2.45, 2.75) is 373 Å². The van der Waals surface area contributed by atoms with E-state index in [0.29, 0.717) is 23.9 Å². The van der Waals surface area contributed by atoms with Crippen molar-refractivity contribution < 1.29 is 32.9 Å². The third-order valence-corrected chi connectivity index (χ3v) is 16.8. The van der Waals surface area contributed by atoms with Crippen LogP contribution in [0.25, 0.3) is 0 Å². The number of aliphatic hydroxyl groups is 1. The number of carbonyl (C=O) groups is 1. The average molecular weight is 1070 g/mol. The van der Waals surface area contributed by atoms with Crippen molar-refractivity contribution in [2.24, 2.45) is 0 Å². The van der Waals surface area contributed by atoms with Gasteiger partial charge in [-0.1, -0.05) is 341 Å². The monoisotopic (exact) mass is 1070 g/mol. The molecule has 0 saturated heterocycles. The normalized spacial score (nSPS) is 13.7. The van der Waals surface area contributed by atoms with Crippen LogP contribution in [0.1, 0.15) is 361 Å². The fourth-order valence-corrected chi connectivity index (χ4v) is 11.4. The van der Waals surface area contributed by atoms with E-state index in [1.165, 1.54) is 295 Å². The van der Waals surface area contributed by atoms with Crippen LogP contribution in [0, 0.1) is 0 Å². The van der Waals surface area contributed by atoms with Crippen molar-refractivity contribution in [3.8, 4) is 0 Å². The van der Waals surface area contributed by atoms with E-state index in [-0.39, 0.29) is 19.1 Å². The second-order valence-electron chi connectivity index (χ2n) is 24.5. The van der Waals surface area contributed by atoms with Gasteiger partial charge in [-0.05, 0) is 12.8 Å². The number of phosphoric ester groups is 1. The first kappa shape index (κ1) is 73.5. The quantitative estimate of drug-likeness (QED) is 0.0357. The van der Waals surface area contributed by atoms with Gasteiger partial charge in [-0.15, -0.1) is 0 Å². The second-order valence-corrected chi connectivity index (χ2v) is 26.0. The first-order chi connectivity index (χ1) is 36.0. The fourth-order valence-electron chi connectivity index (χ4n) is 10.6. The molecule has 0 aliphatic rings. The third-order valence-electron chi connectivity index (χ3n) is 15.8. The summed E-state index contributed by atoms with van der Waals surface area (Å²) in [5.41, 5.74) is 0. The number of phosphoric acid groups is 1. The molecule has 444 valence electrons. The smallest absolute Gasteiger partial charge is 0.268 e. The van der Waals surface area contributed by atoms with E-state index < -0.39 is 20.0 Å². The number of likely N-dealkylation sites (N-methyl/N-ethyl adjacent to an activating group) is 1. The van der Waals surface area contributed by atoms with Gasteiger partial charge in [0.15, 0.2) is 0 Å². The number of carbonyl (C=O) groups excluding carboxylic acids is 1. The predicted molar refractivity (Wildman–Crippen MR) is 321 cm³/mol. The number of aliphatic hydroxyl groups excluding tert-OH is 1. The van der Waals surface area contributed by atoms with Gasteiger partial charge < -0.3 is 28.8 Å². The van der Waals surface area contributed by atoms with Crippen molar-refractivity contribution in [3.63, 3.8) is 0 Å². The highest BCUT2D eigenvalue weighted by Gasteiger charge is 2.24. The molecule has 2 N–H and O–H groups in total. The summed E-state index contributed by atoms with van der Waals surface area (Å²) in [5, 5.41) is 14.1. The Morgan fingerprint density at radius 2 is 0.662 bits per heavy atom. The Bertz CT molecular complexity index is 1170. The van der Waals surface area contributed by atoms with Crippen LogP contribution in [0.3, 0.4) is 0 Å². The molecule has 0 spiro atoms. The number of amides is 1. The van der Waals surface area contributed by atoms with E-state index in [0.717, 1.165) is 38.5 Å². The van der Waals surface area contributed by atoms with Gasteiger partial charge in [-0.3, -0.25) is 9.36 Å². The molecule has 0 aromatic carbocycles. The molecular formula is C65H133N2O6P. The van der Waals surface area contributed by atoms with E-state index >= 15 is 0 Å². The Hall–Kier alpha value is -0.500. The molecule has 0 bridgehead atoms. The molecule has 0 radical (unpaired) electrons. The highest BCUT2D eigenvalue weighted by atomic mass is 31.2. The Balaban J connectivity index is 3.99. The lowest BCUT2D eigenvalue weighted by molar-refractivity contribution is -0.870. The molecule has 0 aliphatic heterocycles. The topological polar surface area (TPSA) is 108 Å². The number of nitrogens with one attached hydrogen (secondary N) is 1. The van der Waals surface area contributed by atoms with E-state index in [9.17, 15) is 19.4 Å². The van der Waals surface area contributed by atoms with Gasteiger partial charge >= 0.3 is 0 Å². The van der Waals surface area contributed by atoms with Gasteiger partial charge in [0.05, 0.1) is 39.9 Å². The van der Waals surface area contributed by atoms with Gasteiger partial charge in [-0.25, -0.2) is 0 Å². The lowest BCUT2D eigenvalue weighted by Gasteiger charge is -2.30. The van der Waals surface area contributed by atoms with Crippen LogP contribution in [0.5, 0.6) is 0 Å². The zero-order chi connectivity index (χ0) is 54.2. The molecule has 1 amide bonds. The lowest BCUT2D eigenvalue weighted by Crippen LogP contribution is -2.46. The molecule has 9 heteroatoms. The van der Waals surface area contributed by atoms with Crippen LogP contribution in [0.15, 0.2) is 0 Å². The summed E-state index contributed by atoms with van der Waals surface area (Å²) >= 11 is 0. The van der Waals surface area contributed by atoms with E-state index in [1.54, 1.807) is 0 Å². The zero-order valence-electron chi connectivity index (χ0n) is 50.8. The largest absolute Gasteiger partial charge is 0.756 e. The highest BCUT2D eigenvalue weighted by molar-refractivity contribution is 7.45. The first-order valence-electron chi connectivity index (χ1n) is 33.4.